The number of carboxylic acids is 1. The standard InChI is InChI=1S/C8H10O3.C3H4O2/c9-8-4-2-1-3-7(8)5-6-11-10;1-2-3(4)5/h1-4,9-10H,5-6H2;2H,1H2,(H,4,5). The van der Waals surface area contributed by atoms with E-state index < -0.39 is 5.97 Å². The Labute approximate surface area is 93.2 Å². The molecule has 0 aliphatic carbocycles. The molecule has 0 radical (unpaired) electrons. The molecule has 0 saturated heterocycles. The van der Waals surface area contributed by atoms with Gasteiger partial charge >= 0.3 is 5.97 Å². The second-order valence-corrected chi connectivity index (χ2v) is 2.75. The van der Waals surface area contributed by atoms with E-state index in [4.69, 9.17) is 10.4 Å². The van der Waals surface area contributed by atoms with Gasteiger partial charge in [-0.05, 0) is 11.6 Å². The second kappa shape index (κ2) is 8.46. The molecule has 0 fully saturated rings. The van der Waals surface area contributed by atoms with Gasteiger partial charge in [-0.3, -0.25) is 5.26 Å². The summed E-state index contributed by atoms with van der Waals surface area (Å²) in [7, 11) is 0. The molecular weight excluding hydrogens is 212 g/mol. The summed E-state index contributed by atoms with van der Waals surface area (Å²) in [6, 6.07) is 6.96. The number of rotatable bonds is 4. The van der Waals surface area contributed by atoms with Crippen molar-refractivity contribution in [2.75, 3.05) is 6.61 Å². The zero-order chi connectivity index (χ0) is 12.4. The molecule has 1 rings (SSSR count). The van der Waals surface area contributed by atoms with E-state index in [2.05, 4.69) is 11.5 Å². The number of carbonyl (C=O) groups is 1. The van der Waals surface area contributed by atoms with Crippen molar-refractivity contribution in [3.05, 3.63) is 42.5 Å². The van der Waals surface area contributed by atoms with Gasteiger partial charge in [-0.2, -0.15) is 0 Å². The first-order valence-electron chi connectivity index (χ1n) is 4.50. The predicted octanol–water partition coefficient (Wildman–Crippen LogP) is 1.68. The van der Waals surface area contributed by atoms with Crippen LogP contribution in [0.25, 0.3) is 0 Å². The number of aliphatic carboxylic acids is 1. The van der Waals surface area contributed by atoms with E-state index in [0.29, 0.717) is 6.42 Å². The molecule has 0 spiro atoms. The van der Waals surface area contributed by atoms with Crippen molar-refractivity contribution in [3.8, 4) is 5.75 Å². The lowest BCUT2D eigenvalue weighted by Gasteiger charge is -2.00. The van der Waals surface area contributed by atoms with Crippen LogP contribution >= 0.6 is 0 Å². The molecule has 5 nitrogen and oxygen atoms in total. The molecule has 0 heterocycles. The summed E-state index contributed by atoms with van der Waals surface area (Å²) in [5.41, 5.74) is 0.779. The van der Waals surface area contributed by atoms with E-state index in [1.807, 2.05) is 6.07 Å². The van der Waals surface area contributed by atoms with Gasteiger partial charge in [0.15, 0.2) is 0 Å². The molecular formula is C11H14O5. The lowest BCUT2D eigenvalue weighted by Crippen LogP contribution is -1.94. The number of aromatic hydroxyl groups is 1. The van der Waals surface area contributed by atoms with E-state index in [9.17, 15) is 9.90 Å². The Morgan fingerprint density at radius 1 is 1.44 bits per heavy atom. The van der Waals surface area contributed by atoms with E-state index in [1.165, 1.54) is 0 Å². The second-order valence-electron chi connectivity index (χ2n) is 2.75. The van der Waals surface area contributed by atoms with Gasteiger partial charge in [0, 0.05) is 12.5 Å². The fourth-order valence-electron chi connectivity index (χ4n) is 0.878. The minimum absolute atomic E-state index is 0.206. The molecule has 3 N–H and O–H groups in total. The minimum atomic E-state index is -0.981. The Hall–Kier alpha value is -1.85. The molecule has 0 bridgehead atoms. The topological polar surface area (TPSA) is 87.0 Å². The van der Waals surface area contributed by atoms with Gasteiger partial charge in [0.25, 0.3) is 0 Å². The lowest BCUT2D eigenvalue weighted by atomic mass is 10.1. The molecule has 88 valence electrons. The van der Waals surface area contributed by atoms with Gasteiger partial charge in [-0.25, -0.2) is 9.68 Å². The van der Waals surface area contributed by atoms with Crippen LogP contribution in [-0.4, -0.2) is 28.0 Å². The quantitative estimate of drug-likeness (QED) is 0.413. The zero-order valence-electron chi connectivity index (χ0n) is 8.67. The Kier molecular flexibility index (Phi) is 7.48. The Bertz CT molecular complexity index is 335. The van der Waals surface area contributed by atoms with Crippen LogP contribution in [0.3, 0.4) is 0 Å². The molecule has 0 aliphatic rings. The molecule has 0 amide bonds. The number of phenolic OH excluding ortho intramolecular Hbond substituents is 1. The number of hydrogen-bond donors (Lipinski definition) is 3. The highest BCUT2D eigenvalue weighted by molar-refractivity contribution is 5.78. The van der Waals surface area contributed by atoms with E-state index >= 15 is 0 Å². The summed E-state index contributed by atoms with van der Waals surface area (Å²) in [5.74, 6) is -0.741. The van der Waals surface area contributed by atoms with Crippen LogP contribution in [-0.2, 0) is 16.1 Å². The highest BCUT2D eigenvalue weighted by Gasteiger charge is 1.97. The molecule has 5 heteroatoms. The van der Waals surface area contributed by atoms with Crippen LogP contribution in [0.5, 0.6) is 5.75 Å². The highest BCUT2D eigenvalue weighted by Crippen LogP contribution is 2.15. The van der Waals surface area contributed by atoms with Crippen molar-refractivity contribution < 1.29 is 25.2 Å². The third-order valence-electron chi connectivity index (χ3n) is 1.63. The average molecular weight is 226 g/mol. The number of carboxylic acid groups (broad SMARTS) is 1. The van der Waals surface area contributed by atoms with Gasteiger partial charge in [0.1, 0.15) is 5.75 Å². The largest absolute Gasteiger partial charge is 0.508 e. The van der Waals surface area contributed by atoms with Crippen molar-refractivity contribution in [1.82, 2.24) is 0 Å². The lowest BCUT2D eigenvalue weighted by molar-refractivity contribution is -0.241. The molecule has 1 aromatic carbocycles. The minimum Gasteiger partial charge on any atom is -0.508 e. The molecule has 0 saturated carbocycles. The third kappa shape index (κ3) is 6.58. The summed E-state index contributed by atoms with van der Waals surface area (Å²) in [6.07, 6.45) is 1.35. The summed E-state index contributed by atoms with van der Waals surface area (Å²) >= 11 is 0. The van der Waals surface area contributed by atoms with Crippen molar-refractivity contribution in [2.24, 2.45) is 0 Å². The van der Waals surface area contributed by atoms with Crippen LogP contribution in [0.4, 0.5) is 0 Å². The fourth-order valence-corrected chi connectivity index (χ4v) is 0.878. The molecule has 0 aromatic heterocycles. The maximum absolute atomic E-state index is 9.25. The smallest absolute Gasteiger partial charge is 0.327 e. The fraction of sp³-hybridized carbons (Fsp3) is 0.182. The Morgan fingerprint density at radius 2 is 2.00 bits per heavy atom. The summed E-state index contributed by atoms with van der Waals surface area (Å²) in [6.45, 7) is 3.17. The molecule has 0 unspecified atom stereocenters. The molecule has 1 aromatic rings. The van der Waals surface area contributed by atoms with Gasteiger partial charge in [0.05, 0.1) is 6.61 Å². The normalized spacial score (nSPS) is 8.81. The monoisotopic (exact) mass is 226 g/mol. The molecule has 16 heavy (non-hydrogen) atoms. The highest BCUT2D eigenvalue weighted by atomic mass is 17.1. The van der Waals surface area contributed by atoms with Crippen molar-refractivity contribution in [1.29, 1.82) is 0 Å². The first-order chi connectivity index (χ1) is 7.61. The van der Waals surface area contributed by atoms with Gasteiger partial charge in [0.2, 0.25) is 0 Å². The van der Waals surface area contributed by atoms with Crippen LogP contribution in [0.15, 0.2) is 36.9 Å². The van der Waals surface area contributed by atoms with Gasteiger partial charge < -0.3 is 10.2 Å². The summed E-state index contributed by atoms with van der Waals surface area (Å²) < 4.78 is 0. The zero-order valence-corrected chi connectivity index (χ0v) is 8.67. The maximum atomic E-state index is 9.25. The van der Waals surface area contributed by atoms with Crippen molar-refractivity contribution in [2.45, 2.75) is 6.42 Å². The van der Waals surface area contributed by atoms with Crippen LogP contribution in [0.2, 0.25) is 0 Å². The van der Waals surface area contributed by atoms with Crippen LogP contribution < -0.4 is 0 Å². The first kappa shape index (κ1) is 14.2. The Morgan fingerprint density at radius 3 is 2.44 bits per heavy atom. The molecule has 0 aliphatic heterocycles. The van der Waals surface area contributed by atoms with Crippen LogP contribution in [0, 0.1) is 0 Å². The van der Waals surface area contributed by atoms with Gasteiger partial charge in [-0.1, -0.05) is 24.8 Å². The average Bonchev–Trinajstić information content (AvgIpc) is 2.29. The maximum Gasteiger partial charge on any atom is 0.327 e. The number of hydrogen-bond acceptors (Lipinski definition) is 4. The predicted molar refractivity (Wildman–Crippen MR) is 58.2 cm³/mol. The summed E-state index contributed by atoms with van der Waals surface area (Å²) in [4.78, 5) is 13.1. The number of phenols is 1. The number of para-hydroxylation sites is 1. The SMILES string of the molecule is C=CC(=O)O.OOCCc1ccccc1O. The summed E-state index contributed by atoms with van der Waals surface area (Å²) in [5, 5.41) is 24.8. The van der Waals surface area contributed by atoms with E-state index in [-0.39, 0.29) is 12.4 Å². The third-order valence-corrected chi connectivity index (χ3v) is 1.63. The van der Waals surface area contributed by atoms with E-state index in [1.54, 1.807) is 18.2 Å². The van der Waals surface area contributed by atoms with Gasteiger partial charge in [-0.15, -0.1) is 0 Å². The Balaban J connectivity index is 0.000000385. The molecule has 0 atom stereocenters. The van der Waals surface area contributed by atoms with E-state index in [0.717, 1.165) is 11.6 Å². The van der Waals surface area contributed by atoms with Crippen molar-refractivity contribution in [3.63, 3.8) is 0 Å². The number of benzene rings is 1. The van der Waals surface area contributed by atoms with Crippen molar-refractivity contribution >= 4 is 5.97 Å². The first-order valence-corrected chi connectivity index (χ1v) is 4.50. The van der Waals surface area contributed by atoms with Crippen LogP contribution in [0.1, 0.15) is 5.56 Å².